The van der Waals surface area contributed by atoms with Crippen molar-refractivity contribution >= 4 is 5.69 Å². The molecule has 1 aromatic rings. The molecule has 0 bridgehead atoms. The summed E-state index contributed by atoms with van der Waals surface area (Å²) in [6.07, 6.45) is 4.76. The van der Waals surface area contributed by atoms with E-state index >= 15 is 0 Å². The summed E-state index contributed by atoms with van der Waals surface area (Å²) in [5.41, 5.74) is 2.82. The Balaban J connectivity index is 1.97. The van der Waals surface area contributed by atoms with Crippen LogP contribution in [0.15, 0.2) is 6.20 Å². The van der Waals surface area contributed by atoms with Crippen LogP contribution in [0.1, 0.15) is 25.5 Å². The van der Waals surface area contributed by atoms with Crippen molar-refractivity contribution in [3.05, 3.63) is 11.9 Å². The fraction of sp³-hybridized carbons (Fsp3) is 0.700. The topological polar surface area (TPSA) is 29.9 Å². The van der Waals surface area contributed by atoms with E-state index in [0.29, 0.717) is 5.41 Å². The number of hydrogen-bond donors (Lipinski definition) is 1. The number of rotatable bonds is 3. The third-order valence-electron chi connectivity index (χ3n) is 2.82. The molecule has 0 saturated heterocycles. The molecule has 0 radical (unpaired) electrons. The van der Waals surface area contributed by atoms with Gasteiger partial charge in [0.15, 0.2) is 0 Å². The lowest BCUT2D eigenvalue weighted by molar-refractivity contribution is 0.610. The van der Waals surface area contributed by atoms with Crippen LogP contribution in [0.4, 0.5) is 5.69 Å². The Labute approximate surface area is 79.1 Å². The van der Waals surface area contributed by atoms with E-state index in [4.69, 9.17) is 0 Å². The first-order valence-electron chi connectivity index (χ1n) is 4.83. The maximum Gasteiger partial charge on any atom is 0.0824 e. The van der Waals surface area contributed by atoms with Crippen LogP contribution in [0, 0.1) is 12.3 Å². The Hall–Kier alpha value is -0.990. The van der Waals surface area contributed by atoms with Gasteiger partial charge in [0, 0.05) is 19.8 Å². The molecule has 3 nitrogen and oxygen atoms in total. The Morgan fingerprint density at radius 2 is 2.31 bits per heavy atom. The van der Waals surface area contributed by atoms with Crippen molar-refractivity contribution in [2.75, 3.05) is 11.9 Å². The van der Waals surface area contributed by atoms with Gasteiger partial charge in [0.1, 0.15) is 0 Å². The van der Waals surface area contributed by atoms with E-state index < -0.39 is 0 Å². The van der Waals surface area contributed by atoms with Crippen LogP contribution in [0.2, 0.25) is 0 Å². The Morgan fingerprint density at radius 3 is 2.77 bits per heavy atom. The molecule has 3 heteroatoms. The summed E-state index contributed by atoms with van der Waals surface area (Å²) < 4.78 is 1.85. The quantitative estimate of drug-likeness (QED) is 0.768. The number of aryl methyl sites for hydroxylation is 2. The van der Waals surface area contributed by atoms with Gasteiger partial charge in [-0.25, -0.2) is 0 Å². The van der Waals surface area contributed by atoms with E-state index in [2.05, 4.69) is 17.3 Å². The molecule has 72 valence electrons. The molecule has 0 unspecified atom stereocenters. The second kappa shape index (κ2) is 2.76. The van der Waals surface area contributed by atoms with Gasteiger partial charge < -0.3 is 5.32 Å². The average molecular weight is 179 g/mol. The molecule has 1 heterocycles. The second-order valence-corrected chi connectivity index (χ2v) is 4.47. The summed E-state index contributed by atoms with van der Waals surface area (Å²) in [4.78, 5) is 0. The van der Waals surface area contributed by atoms with Crippen LogP contribution in [0.3, 0.4) is 0 Å². The fourth-order valence-electron chi connectivity index (χ4n) is 1.47. The van der Waals surface area contributed by atoms with Crippen LogP contribution in [-0.4, -0.2) is 16.3 Å². The zero-order valence-electron chi connectivity index (χ0n) is 8.59. The maximum atomic E-state index is 4.29. The lowest BCUT2D eigenvalue weighted by Gasteiger charge is -2.09. The number of anilines is 1. The van der Waals surface area contributed by atoms with Crippen molar-refractivity contribution in [3.63, 3.8) is 0 Å². The number of nitrogens with zero attached hydrogens (tertiary/aromatic N) is 2. The highest BCUT2D eigenvalue weighted by Crippen LogP contribution is 2.44. The predicted octanol–water partition coefficient (Wildman–Crippen LogP) is 1.94. The van der Waals surface area contributed by atoms with Crippen LogP contribution in [-0.2, 0) is 7.05 Å². The molecule has 1 saturated carbocycles. The molecule has 1 aliphatic carbocycles. The first-order valence-corrected chi connectivity index (χ1v) is 4.83. The molecule has 0 aromatic carbocycles. The minimum absolute atomic E-state index is 0.558. The summed E-state index contributed by atoms with van der Waals surface area (Å²) in [6, 6.07) is 0. The first kappa shape index (κ1) is 8.60. The van der Waals surface area contributed by atoms with Gasteiger partial charge in [0.25, 0.3) is 0 Å². The molecule has 1 N–H and O–H groups in total. The highest BCUT2D eigenvalue weighted by atomic mass is 15.3. The van der Waals surface area contributed by atoms with Crippen LogP contribution >= 0.6 is 0 Å². The van der Waals surface area contributed by atoms with Gasteiger partial charge in [-0.1, -0.05) is 6.92 Å². The molecule has 0 amide bonds. The monoisotopic (exact) mass is 179 g/mol. The Bertz CT molecular complexity index is 310. The van der Waals surface area contributed by atoms with E-state index in [9.17, 15) is 0 Å². The van der Waals surface area contributed by atoms with E-state index in [1.807, 2.05) is 24.9 Å². The largest absolute Gasteiger partial charge is 0.382 e. The minimum Gasteiger partial charge on any atom is -0.382 e. The van der Waals surface area contributed by atoms with Gasteiger partial charge in [-0.05, 0) is 25.2 Å². The Kier molecular flexibility index (Phi) is 1.82. The van der Waals surface area contributed by atoms with Gasteiger partial charge >= 0.3 is 0 Å². The van der Waals surface area contributed by atoms with Crippen LogP contribution in [0.5, 0.6) is 0 Å². The molecule has 1 aromatic heterocycles. The predicted molar refractivity (Wildman–Crippen MR) is 53.8 cm³/mol. The summed E-state index contributed by atoms with van der Waals surface area (Å²) >= 11 is 0. The van der Waals surface area contributed by atoms with Gasteiger partial charge in [-0.2, -0.15) is 5.10 Å². The molecular formula is C10H17N3. The smallest absolute Gasteiger partial charge is 0.0824 e. The van der Waals surface area contributed by atoms with Crippen LogP contribution in [0.25, 0.3) is 0 Å². The summed E-state index contributed by atoms with van der Waals surface area (Å²) in [6.45, 7) is 5.45. The van der Waals surface area contributed by atoms with Crippen LogP contribution < -0.4 is 5.32 Å². The van der Waals surface area contributed by atoms with Crippen molar-refractivity contribution in [1.29, 1.82) is 0 Å². The molecule has 13 heavy (non-hydrogen) atoms. The molecule has 0 aliphatic heterocycles. The highest BCUT2D eigenvalue weighted by Gasteiger charge is 2.36. The van der Waals surface area contributed by atoms with E-state index in [-0.39, 0.29) is 0 Å². The number of nitrogens with one attached hydrogen (secondary N) is 1. The molecule has 1 fully saturated rings. The SMILES string of the molecule is Cc1nn(C)cc1NCC1(C)CC1. The zero-order chi connectivity index (χ0) is 9.47. The Morgan fingerprint density at radius 1 is 1.62 bits per heavy atom. The third-order valence-corrected chi connectivity index (χ3v) is 2.82. The summed E-state index contributed by atoms with van der Waals surface area (Å²) in [7, 11) is 1.96. The number of hydrogen-bond acceptors (Lipinski definition) is 2. The van der Waals surface area contributed by atoms with Gasteiger partial charge in [0.05, 0.1) is 11.4 Å². The van der Waals surface area contributed by atoms with Gasteiger partial charge in [0.2, 0.25) is 0 Å². The third kappa shape index (κ3) is 1.85. The standard InChI is InChI=1S/C10H17N3/c1-8-9(6-13(3)12-8)11-7-10(2)4-5-10/h6,11H,4-5,7H2,1-3H3. The van der Waals surface area contributed by atoms with Gasteiger partial charge in [-0.3, -0.25) is 4.68 Å². The van der Waals surface area contributed by atoms with Gasteiger partial charge in [-0.15, -0.1) is 0 Å². The molecule has 1 aliphatic rings. The minimum atomic E-state index is 0.558. The normalized spacial score (nSPS) is 18.7. The van der Waals surface area contributed by atoms with Crippen molar-refractivity contribution in [2.24, 2.45) is 12.5 Å². The first-order chi connectivity index (χ1) is 6.09. The highest BCUT2D eigenvalue weighted by molar-refractivity contribution is 5.45. The molecule has 0 spiro atoms. The maximum absolute atomic E-state index is 4.29. The van der Waals surface area contributed by atoms with Crippen molar-refractivity contribution in [2.45, 2.75) is 26.7 Å². The molecule has 0 atom stereocenters. The van der Waals surface area contributed by atoms with Crippen molar-refractivity contribution in [3.8, 4) is 0 Å². The lowest BCUT2D eigenvalue weighted by Crippen LogP contribution is -2.11. The summed E-state index contributed by atoms with van der Waals surface area (Å²) in [5.74, 6) is 0. The van der Waals surface area contributed by atoms with Crippen molar-refractivity contribution < 1.29 is 0 Å². The van der Waals surface area contributed by atoms with E-state index in [1.165, 1.54) is 18.5 Å². The lowest BCUT2D eigenvalue weighted by atomic mass is 10.1. The molecular weight excluding hydrogens is 162 g/mol. The zero-order valence-corrected chi connectivity index (χ0v) is 8.59. The van der Waals surface area contributed by atoms with E-state index in [1.54, 1.807) is 0 Å². The van der Waals surface area contributed by atoms with E-state index in [0.717, 1.165) is 12.2 Å². The summed E-state index contributed by atoms with van der Waals surface area (Å²) in [5, 5.41) is 7.74. The molecule has 2 rings (SSSR count). The average Bonchev–Trinajstić information content (AvgIpc) is 2.69. The van der Waals surface area contributed by atoms with Crippen molar-refractivity contribution in [1.82, 2.24) is 9.78 Å². The number of aromatic nitrogens is 2. The second-order valence-electron chi connectivity index (χ2n) is 4.47. The fourth-order valence-corrected chi connectivity index (χ4v) is 1.47.